The first kappa shape index (κ1) is 21.9. The first-order valence-electron chi connectivity index (χ1n) is 9.46. The average Bonchev–Trinajstić information content (AvgIpc) is 3.12. The molecular formula is C20H23N5O3S2. The second-order valence-corrected chi connectivity index (χ2v) is 8.69. The summed E-state index contributed by atoms with van der Waals surface area (Å²) in [5.41, 5.74) is 1.12. The smallest absolute Gasteiger partial charge is 0.251 e. The fraction of sp³-hybridized carbons (Fsp3) is 0.250. The van der Waals surface area contributed by atoms with Crippen LogP contribution in [0.1, 0.15) is 28.7 Å². The summed E-state index contributed by atoms with van der Waals surface area (Å²) in [5.74, 6) is 0.400. The standard InChI is InChI=1S/C20H23N5O3S2/c1-2-25-18(23-24-20(25)29)11-12-21-19(26)16-9-6-10-17(13-16)30(27,28)22-14-15-7-4-3-5-8-15/h3-10,13,22H,2,11-12,14H2,1H3,(H,21,26)(H,24,29). The van der Waals surface area contributed by atoms with E-state index in [1.165, 1.54) is 12.1 Å². The van der Waals surface area contributed by atoms with E-state index in [1.807, 2.05) is 41.8 Å². The molecule has 30 heavy (non-hydrogen) atoms. The lowest BCUT2D eigenvalue weighted by Crippen LogP contribution is -2.27. The van der Waals surface area contributed by atoms with Crippen molar-refractivity contribution in [3.8, 4) is 0 Å². The molecule has 10 heteroatoms. The maximum Gasteiger partial charge on any atom is 0.251 e. The van der Waals surface area contributed by atoms with Crippen molar-refractivity contribution in [3.05, 3.63) is 76.3 Å². The topological polar surface area (TPSA) is 109 Å². The molecule has 3 N–H and O–H groups in total. The van der Waals surface area contributed by atoms with E-state index in [9.17, 15) is 13.2 Å². The van der Waals surface area contributed by atoms with Gasteiger partial charge in [-0.3, -0.25) is 9.89 Å². The van der Waals surface area contributed by atoms with Gasteiger partial charge in [0.2, 0.25) is 10.0 Å². The number of carbonyl (C=O) groups excluding carboxylic acids is 1. The largest absolute Gasteiger partial charge is 0.352 e. The summed E-state index contributed by atoms with van der Waals surface area (Å²) in [6.45, 7) is 3.17. The van der Waals surface area contributed by atoms with E-state index in [-0.39, 0.29) is 22.9 Å². The molecule has 0 unspecified atom stereocenters. The SMILES string of the molecule is CCn1c(CCNC(=O)c2cccc(S(=O)(=O)NCc3ccccc3)c2)n[nH]c1=S. The number of sulfonamides is 1. The number of aromatic nitrogens is 3. The Balaban J connectivity index is 1.62. The van der Waals surface area contributed by atoms with Crippen LogP contribution in [-0.2, 0) is 29.5 Å². The number of nitrogens with zero attached hydrogens (tertiary/aromatic N) is 2. The molecule has 3 aromatic rings. The lowest BCUT2D eigenvalue weighted by molar-refractivity contribution is 0.0953. The number of amides is 1. The highest BCUT2D eigenvalue weighted by molar-refractivity contribution is 7.89. The van der Waals surface area contributed by atoms with Gasteiger partial charge in [-0.25, -0.2) is 13.1 Å². The molecule has 158 valence electrons. The van der Waals surface area contributed by atoms with Gasteiger partial charge >= 0.3 is 0 Å². The molecule has 0 aliphatic heterocycles. The minimum atomic E-state index is -3.74. The maximum atomic E-state index is 12.6. The molecule has 0 bridgehead atoms. The average molecular weight is 446 g/mol. The Kier molecular flexibility index (Phi) is 7.14. The number of aromatic amines is 1. The molecule has 0 radical (unpaired) electrons. The summed E-state index contributed by atoms with van der Waals surface area (Å²) in [6, 6.07) is 15.2. The summed E-state index contributed by atoms with van der Waals surface area (Å²) < 4.78 is 30.1. The number of hydrogen-bond acceptors (Lipinski definition) is 5. The molecule has 1 amide bonds. The summed E-state index contributed by atoms with van der Waals surface area (Å²) in [4.78, 5) is 12.5. The van der Waals surface area contributed by atoms with Crippen molar-refractivity contribution in [2.24, 2.45) is 0 Å². The van der Waals surface area contributed by atoms with Gasteiger partial charge in [-0.2, -0.15) is 5.10 Å². The van der Waals surface area contributed by atoms with Crippen molar-refractivity contribution in [2.45, 2.75) is 31.3 Å². The van der Waals surface area contributed by atoms with Gasteiger partial charge in [-0.05, 0) is 42.9 Å². The molecule has 1 heterocycles. The lowest BCUT2D eigenvalue weighted by atomic mass is 10.2. The lowest BCUT2D eigenvalue weighted by Gasteiger charge is -2.09. The molecule has 0 aliphatic rings. The van der Waals surface area contributed by atoms with Gasteiger partial charge in [0.15, 0.2) is 4.77 Å². The molecular weight excluding hydrogens is 422 g/mol. The Bertz CT molecular complexity index is 1170. The maximum absolute atomic E-state index is 12.6. The van der Waals surface area contributed by atoms with Gasteiger partial charge in [0.25, 0.3) is 5.91 Å². The van der Waals surface area contributed by atoms with E-state index >= 15 is 0 Å². The molecule has 8 nitrogen and oxygen atoms in total. The Morgan fingerprint density at radius 1 is 1.17 bits per heavy atom. The number of H-pyrrole nitrogens is 1. The summed E-state index contributed by atoms with van der Waals surface area (Å²) >= 11 is 5.15. The normalized spacial score (nSPS) is 11.4. The molecule has 0 spiro atoms. The molecule has 0 atom stereocenters. The van der Waals surface area contributed by atoms with Crippen molar-refractivity contribution in [1.29, 1.82) is 0 Å². The third kappa shape index (κ3) is 5.41. The van der Waals surface area contributed by atoms with E-state index in [2.05, 4.69) is 20.2 Å². The number of rotatable bonds is 9. The highest BCUT2D eigenvalue weighted by Crippen LogP contribution is 2.12. The monoisotopic (exact) mass is 445 g/mol. The van der Waals surface area contributed by atoms with Crippen LogP contribution in [0, 0.1) is 4.77 Å². The Labute approximate surface area is 180 Å². The van der Waals surface area contributed by atoms with Gasteiger partial charge in [0.1, 0.15) is 5.82 Å². The van der Waals surface area contributed by atoms with E-state index in [1.54, 1.807) is 12.1 Å². The zero-order chi connectivity index (χ0) is 21.6. The zero-order valence-electron chi connectivity index (χ0n) is 16.5. The van der Waals surface area contributed by atoms with Gasteiger partial charge in [-0.15, -0.1) is 0 Å². The van der Waals surface area contributed by atoms with Gasteiger partial charge in [-0.1, -0.05) is 36.4 Å². The third-order valence-corrected chi connectivity index (χ3v) is 6.21. The summed E-state index contributed by atoms with van der Waals surface area (Å²) in [6.07, 6.45) is 0.503. The fourth-order valence-corrected chi connectivity index (χ4v) is 4.26. The van der Waals surface area contributed by atoms with Crippen molar-refractivity contribution in [2.75, 3.05) is 6.54 Å². The van der Waals surface area contributed by atoms with Crippen molar-refractivity contribution < 1.29 is 13.2 Å². The van der Waals surface area contributed by atoms with Gasteiger partial charge in [0.05, 0.1) is 4.90 Å². The highest BCUT2D eigenvalue weighted by Gasteiger charge is 2.16. The Hall–Kier alpha value is -2.82. The Morgan fingerprint density at radius 3 is 2.67 bits per heavy atom. The van der Waals surface area contributed by atoms with Crippen molar-refractivity contribution in [3.63, 3.8) is 0 Å². The van der Waals surface area contributed by atoms with Crippen LogP contribution in [0.15, 0.2) is 59.5 Å². The van der Waals surface area contributed by atoms with Crippen molar-refractivity contribution >= 4 is 28.1 Å². The van der Waals surface area contributed by atoms with E-state index in [0.29, 0.717) is 24.3 Å². The molecule has 0 saturated heterocycles. The zero-order valence-corrected chi connectivity index (χ0v) is 18.1. The molecule has 0 aliphatic carbocycles. The number of benzene rings is 2. The van der Waals surface area contributed by atoms with Crippen LogP contribution < -0.4 is 10.0 Å². The number of nitrogens with one attached hydrogen (secondary N) is 3. The van der Waals surface area contributed by atoms with Crippen molar-refractivity contribution in [1.82, 2.24) is 24.8 Å². The molecule has 2 aromatic carbocycles. The fourth-order valence-electron chi connectivity index (χ4n) is 2.92. The first-order chi connectivity index (χ1) is 14.4. The molecule has 1 aromatic heterocycles. The minimum absolute atomic E-state index is 0.0398. The summed E-state index contributed by atoms with van der Waals surface area (Å²) in [5, 5.41) is 9.68. The first-order valence-corrected chi connectivity index (χ1v) is 11.4. The predicted molar refractivity (Wildman–Crippen MR) is 116 cm³/mol. The molecule has 0 fully saturated rings. The number of carbonyl (C=O) groups is 1. The van der Waals surface area contributed by atoms with Crippen LogP contribution in [0.3, 0.4) is 0 Å². The van der Waals surface area contributed by atoms with Gasteiger partial charge in [0, 0.05) is 31.6 Å². The predicted octanol–water partition coefficient (Wildman–Crippen LogP) is 2.41. The third-order valence-electron chi connectivity index (χ3n) is 4.50. The quantitative estimate of drug-likeness (QED) is 0.438. The van der Waals surface area contributed by atoms with E-state index < -0.39 is 10.0 Å². The van der Waals surface area contributed by atoms with Crippen LogP contribution in [-0.4, -0.2) is 35.6 Å². The number of hydrogen-bond donors (Lipinski definition) is 3. The molecule has 3 rings (SSSR count). The van der Waals surface area contributed by atoms with Crippen LogP contribution in [0.2, 0.25) is 0 Å². The second-order valence-electron chi connectivity index (χ2n) is 6.53. The van der Waals surface area contributed by atoms with Crippen LogP contribution in [0.4, 0.5) is 0 Å². The minimum Gasteiger partial charge on any atom is -0.352 e. The summed E-state index contributed by atoms with van der Waals surface area (Å²) in [7, 11) is -3.74. The highest BCUT2D eigenvalue weighted by atomic mass is 32.2. The van der Waals surface area contributed by atoms with Crippen LogP contribution >= 0.6 is 12.2 Å². The van der Waals surface area contributed by atoms with Crippen LogP contribution in [0.25, 0.3) is 0 Å². The second kappa shape index (κ2) is 9.79. The van der Waals surface area contributed by atoms with Gasteiger partial charge < -0.3 is 9.88 Å². The molecule has 0 saturated carbocycles. The van der Waals surface area contributed by atoms with E-state index in [4.69, 9.17) is 12.2 Å². The van der Waals surface area contributed by atoms with E-state index in [0.717, 1.165) is 11.4 Å². The Morgan fingerprint density at radius 2 is 1.93 bits per heavy atom. The van der Waals surface area contributed by atoms with Crippen LogP contribution in [0.5, 0.6) is 0 Å².